The number of carbonyl (C=O) groups is 3. The van der Waals surface area contributed by atoms with Crippen molar-refractivity contribution in [1.29, 1.82) is 0 Å². The molecule has 2 amide bonds. The van der Waals surface area contributed by atoms with Gasteiger partial charge in [0, 0.05) is 56.0 Å². The van der Waals surface area contributed by atoms with Gasteiger partial charge >= 0.3 is 12.1 Å². The molecule has 0 bridgehead atoms. The van der Waals surface area contributed by atoms with E-state index in [1.165, 1.54) is 0 Å². The van der Waals surface area contributed by atoms with E-state index in [1.807, 2.05) is 50.2 Å². The van der Waals surface area contributed by atoms with Crippen LogP contribution in [0.4, 0.5) is 10.5 Å². The van der Waals surface area contributed by atoms with Crippen LogP contribution in [0.25, 0.3) is 0 Å². The van der Waals surface area contributed by atoms with Crippen molar-refractivity contribution in [2.24, 2.45) is 0 Å². The fourth-order valence-electron chi connectivity index (χ4n) is 5.24. The van der Waals surface area contributed by atoms with Crippen LogP contribution >= 0.6 is 0 Å². The third-order valence-corrected chi connectivity index (χ3v) is 7.23. The van der Waals surface area contributed by atoms with Crippen molar-refractivity contribution in [3.63, 3.8) is 0 Å². The van der Waals surface area contributed by atoms with Gasteiger partial charge in [0.2, 0.25) is 0 Å². The number of aryl methyl sites for hydroxylation is 1. The van der Waals surface area contributed by atoms with Gasteiger partial charge in [-0.25, -0.2) is 9.59 Å². The van der Waals surface area contributed by atoms with E-state index in [4.69, 9.17) is 9.47 Å². The number of esters is 1. The molecule has 2 fully saturated rings. The lowest BCUT2D eigenvalue weighted by Gasteiger charge is -2.35. The zero-order chi connectivity index (χ0) is 24.6. The molecule has 8 nitrogen and oxygen atoms in total. The largest absolute Gasteiger partial charge is 0.449 e. The van der Waals surface area contributed by atoms with Crippen molar-refractivity contribution >= 4 is 23.7 Å². The van der Waals surface area contributed by atoms with Crippen molar-refractivity contribution in [3.8, 4) is 0 Å². The van der Waals surface area contributed by atoms with Crippen LogP contribution in [-0.2, 0) is 15.1 Å². The number of amides is 2. The number of ether oxygens (including phenoxy) is 2. The van der Waals surface area contributed by atoms with Gasteiger partial charge < -0.3 is 24.2 Å². The molecule has 2 aromatic rings. The first-order valence-electron chi connectivity index (χ1n) is 12.3. The summed E-state index contributed by atoms with van der Waals surface area (Å²) in [5.74, 6) is -0.366. The summed E-state index contributed by atoms with van der Waals surface area (Å²) in [5, 5.41) is 0. The topological polar surface area (TPSA) is 79.4 Å². The Bertz CT molecular complexity index is 1160. The van der Waals surface area contributed by atoms with Crippen LogP contribution in [0.3, 0.4) is 0 Å². The van der Waals surface area contributed by atoms with Crippen LogP contribution < -0.4 is 4.90 Å². The average molecular weight is 478 g/mol. The number of piperazine rings is 1. The van der Waals surface area contributed by atoms with Gasteiger partial charge in [0.15, 0.2) is 5.60 Å². The summed E-state index contributed by atoms with van der Waals surface area (Å²) in [6, 6.07) is 13.4. The molecule has 3 heterocycles. The third-order valence-electron chi connectivity index (χ3n) is 7.23. The summed E-state index contributed by atoms with van der Waals surface area (Å²) in [6.07, 6.45) is 1.14. The maximum atomic E-state index is 13.6. The van der Waals surface area contributed by atoms with Gasteiger partial charge in [0.25, 0.3) is 5.91 Å². The monoisotopic (exact) mass is 477 g/mol. The van der Waals surface area contributed by atoms with Gasteiger partial charge in [0.05, 0.1) is 18.7 Å². The van der Waals surface area contributed by atoms with E-state index in [9.17, 15) is 14.4 Å². The van der Waals surface area contributed by atoms with Gasteiger partial charge in [-0.1, -0.05) is 31.2 Å². The van der Waals surface area contributed by atoms with E-state index >= 15 is 0 Å². The first-order valence-corrected chi connectivity index (χ1v) is 12.3. The molecule has 0 aromatic heterocycles. The molecule has 8 heteroatoms. The summed E-state index contributed by atoms with van der Waals surface area (Å²) in [4.78, 5) is 43.8. The lowest BCUT2D eigenvalue weighted by atomic mass is 9.91. The van der Waals surface area contributed by atoms with Gasteiger partial charge in [-0.3, -0.25) is 4.79 Å². The molecular formula is C27H31N3O5. The molecule has 184 valence electrons. The van der Waals surface area contributed by atoms with Crippen LogP contribution in [0.15, 0.2) is 42.5 Å². The predicted octanol–water partition coefficient (Wildman–Crippen LogP) is 3.58. The maximum absolute atomic E-state index is 13.6. The molecular weight excluding hydrogens is 446 g/mol. The number of fused-ring (bicyclic) bond motifs is 2. The van der Waals surface area contributed by atoms with E-state index < -0.39 is 5.60 Å². The zero-order valence-corrected chi connectivity index (χ0v) is 20.3. The molecule has 3 aliphatic rings. The first-order chi connectivity index (χ1) is 16.9. The summed E-state index contributed by atoms with van der Waals surface area (Å²) in [6.45, 7) is 7.76. The first kappa shape index (κ1) is 23.2. The zero-order valence-electron chi connectivity index (χ0n) is 20.3. The minimum Gasteiger partial charge on any atom is -0.449 e. The molecule has 1 atom stereocenters. The second kappa shape index (κ2) is 9.24. The molecule has 0 saturated carbocycles. The third kappa shape index (κ3) is 4.22. The Morgan fingerprint density at radius 3 is 2.57 bits per heavy atom. The number of carbonyl (C=O) groups excluding carboxylic acids is 3. The predicted molar refractivity (Wildman–Crippen MR) is 131 cm³/mol. The van der Waals surface area contributed by atoms with Crippen molar-refractivity contribution in [2.45, 2.75) is 32.3 Å². The van der Waals surface area contributed by atoms with Crippen LogP contribution in [0.2, 0.25) is 0 Å². The Morgan fingerprint density at radius 2 is 1.80 bits per heavy atom. The van der Waals surface area contributed by atoms with E-state index in [-0.39, 0.29) is 18.0 Å². The normalized spacial score (nSPS) is 21.3. The van der Waals surface area contributed by atoms with E-state index in [0.717, 1.165) is 23.2 Å². The highest BCUT2D eigenvalue weighted by Crippen LogP contribution is 2.43. The summed E-state index contributed by atoms with van der Waals surface area (Å²) >= 11 is 0. The lowest BCUT2D eigenvalue weighted by Crippen LogP contribution is -2.49. The Kier molecular flexibility index (Phi) is 6.13. The number of benzene rings is 2. The standard InChI is InChI=1S/C27H31N3O5/c1-3-16-34-26(33)29-14-12-28(13-15-29)20-9-8-19(2)22(17-20)24(31)30-11-10-27(18-30)23-7-5-4-6-21(23)25(32)35-27/h4-9,17H,3,10-16,18H2,1-2H3/t27-/m0/s1. The Balaban J connectivity index is 1.28. The number of rotatable bonds is 4. The van der Waals surface area contributed by atoms with Crippen LogP contribution in [0.5, 0.6) is 0 Å². The second-order valence-corrected chi connectivity index (χ2v) is 9.49. The quantitative estimate of drug-likeness (QED) is 0.627. The van der Waals surface area contributed by atoms with Crippen LogP contribution in [0.1, 0.15) is 51.6 Å². The fraction of sp³-hybridized carbons (Fsp3) is 0.444. The van der Waals surface area contributed by atoms with Crippen LogP contribution in [0, 0.1) is 6.92 Å². The summed E-state index contributed by atoms with van der Waals surface area (Å²) < 4.78 is 11.1. The van der Waals surface area contributed by atoms with Crippen molar-refractivity contribution in [2.75, 3.05) is 50.8 Å². The molecule has 0 aliphatic carbocycles. The van der Waals surface area contributed by atoms with Gasteiger partial charge in [-0.05, 0) is 37.1 Å². The van der Waals surface area contributed by atoms with E-state index in [0.29, 0.717) is 63.4 Å². The highest BCUT2D eigenvalue weighted by atomic mass is 16.6. The van der Waals surface area contributed by atoms with Crippen LogP contribution in [-0.4, -0.2) is 73.6 Å². The molecule has 0 radical (unpaired) electrons. The highest BCUT2D eigenvalue weighted by molar-refractivity contribution is 5.98. The summed E-state index contributed by atoms with van der Waals surface area (Å²) in [5.41, 5.74) is 3.25. The molecule has 0 unspecified atom stereocenters. The second-order valence-electron chi connectivity index (χ2n) is 9.49. The SMILES string of the molecule is CCCOC(=O)N1CCN(c2ccc(C)c(C(=O)N3CC[C@@]4(C3)OC(=O)c3ccccc34)c2)CC1. The van der Waals surface area contributed by atoms with Gasteiger partial charge in [-0.2, -0.15) is 0 Å². The maximum Gasteiger partial charge on any atom is 0.409 e. The highest BCUT2D eigenvalue weighted by Gasteiger charge is 2.51. The number of hydrogen-bond donors (Lipinski definition) is 0. The number of likely N-dealkylation sites (tertiary alicyclic amines) is 1. The Hall–Kier alpha value is -3.55. The minimum absolute atomic E-state index is 0.0524. The lowest BCUT2D eigenvalue weighted by molar-refractivity contribution is -0.00307. The molecule has 35 heavy (non-hydrogen) atoms. The average Bonchev–Trinajstić information content (AvgIpc) is 3.43. The molecule has 1 spiro atoms. The van der Waals surface area contributed by atoms with Gasteiger partial charge in [-0.15, -0.1) is 0 Å². The molecule has 2 aromatic carbocycles. The van der Waals surface area contributed by atoms with Crippen molar-refractivity contribution < 1.29 is 23.9 Å². The molecule has 3 aliphatic heterocycles. The van der Waals surface area contributed by atoms with E-state index in [1.54, 1.807) is 15.9 Å². The number of hydrogen-bond acceptors (Lipinski definition) is 6. The number of anilines is 1. The molecule has 2 saturated heterocycles. The molecule has 5 rings (SSSR count). The summed E-state index contributed by atoms with van der Waals surface area (Å²) in [7, 11) is 0. The Labute approximate surface area is 205 Å². The van der Waals surface area contributed by atoms with E-state index in [2.05, 4.69) is 4.90 Å². The van der Waals surface area contributed by atoms with Gasteiger partial charge in [0.1, 0.15) is 0 Å². The van der Waals surface area contributed by atoms with Crippen molar-refractivity contribution in [3.05, 3.63) is 64.7 Å². The fourth-order valence-corrected chi connectivity index (χ4v) is 5.24. The van der Waals surface area contributed by atoms with Crippen molar-refractivity contribution in [1.82, 2.24) is 9.80 Å². The minimum atomic E-state index is -0.752. The number of nitrogens with zero attached hydrogens (tertiary/aromatic N) is 3. The molecule has 0 N–H and O–H groups in total. The smallest absolute Gasteiger partial charge is 0.409 e. The Morgan fingerprint density at radius 1 is 1.03 bits per heavy atom.